The summed E-state index contributed by atoms with van der Waals surface area (Å²) in [4.78, 5) is 10.6. The van der Waals surface area contributed by atoms with Gasteiger partial charge in [0.05, 0.1) is 11.5 Å². The maximum atomic E-state index is 11.9. The third-order valence-corrected chi connectivity index (χ3v) is 3.62. The lowest BCUT2D eigenvalue weighted by atomic mass is 10.2. The smallest absolute Gasteiger partial charge is 0.302 e. The zero-order valence-electron chi connectivity index (χ0n) is 10.7. The highest BCUT2D eigenvalue weighted by atomic mass is 32.2. The summed E-state index contributed by atoms with van der Waals surface area (Å²) in [5, 5.41) is 9.01. The molecule has 1 rings (SSSR count). The van der Waals surface area contributed by atoms with E-state index >= 15 is 0 Å². The van der Waals surface area contributed by atoms with Crippen molar-refractivity contribution in [1.82, 2.24) is 0 Å². The summed E-state index contributed by atoms with van der Waals surface area (Å²) in [6, 6.07) is 6.09. The number of aliphatic hydroxyl groups excluding tert-OH is 1. The Labute approximate surface area is 112 Å². The number of aliphatic hydroxyl groups is 1. The van der Waals surface area contributed by atoms with Gasteiger partial charge in [-0.1, -0.05) is 17.7 Å². The van der Waals surface area contributed by atoms with Crippen LogP contribution in [0.1, 0.15) is 12.5 Å². The summed E-state index contributed by atoms with van der Waals surface area (Å²) >= 11 is 0. The number of carbonyl (C=O) groups excluding carboxylic acids is 1. The molecule has 6 nitrogen and oxygen atoms in total. The molecule has 1 atom stereocenters. The van der Waals surface area contributed by atoms with Crippen LogP contribution in [-0.2, 0) is 23.8 Å². The molecule has 1 unspecified atom stereocenters. The minimum absolute atomic E-state index is 0.0145. The number of rotatable bonds is 6. The maximum Gasteiger partial charge on any atom is 0.302 e. The zero-order chi connectivity index (χ0) is 14.5. The predicted octanol–water partition coefficient (Wildman–Crippen LogP) is 0.624. The molecule has 19 heavy (non-hydrogen) atoms. The van der Waals surface area contributed by atoms with E-state index in [0.29, 0.717) is 0 Å². The lowest BCUT2D eigenvalue weighted by Crippen LogP contribution is -2.28. The second-order valence-electron chi connectivity index (χ2n) is 3.97. The Morgan fingerprint density at radius 2 is 1.89 bits per heavy atom. The van der Waals surface area contributed by atoms with Crippen LogP contribution in [0.5, 0.6) is 0 Å². The molecule has 0 fully saturated rings. The Hall–Kier alpha value is -1.44. The van der Waals surface area contributed by atoms with E-state index in [2.05, 4.69) is 4.74 Å². The highest BCUT2D eigenvalue weighted by Crippen LogP contribution is 2.15. The fraction of sp³-hybridized carbons (Fsp3) is 0.417. The molecule has 0 aliphatic heterocycles. The van der Waals surface area contributed by atoms with Crippen molar-refractivity contribution in [2.75, 3.05) is 13.2 Å². The Morgan fingerprint density at radius 1 is 1.32 bits per heavy atom. The molecular formula is C12H16O6S. The first-order valence-electron chi connectivity index (χ1n) is 5.59. The van der Waals surface area contributed by atoms with Gasteiger partial charge >= 0.3 is 5.97 Å². The number of esters is 1. The van der Waals surface area contributed by atoms with Crippen LogP contribution in [0.2, 0.25) is 0 Å². The molecule has 0 aliphatic carbocycles. The van der Waals surface area contributed by atoms with Gasteiger partial charge in [-0.2, -0.15) is 8.42 Å². The molecule has 0 heterocycles. The lowest BCUT2D eigenvalue weighted by Gasteiger charge is -2.14. The average Bonchev–Trinajstić information content (AvgIpc) is 2.34. The Morgan fingerprint density at radius 3 is 2.37 bits per heavy atom. The van der Waals surface area contributed by atoms with E-state index in [0.717, 1.165) is 5.56 Å². The Bertz CT molecular complexity index is 520. The highest BCUT2D eigenvalue weighted by Gasteiger charge is 2.22. The molecule has 0 saturated heterocycles. The number of aryl methyl sites for hydroxylation is 1. The Balaban J connectivity index is 2.77. The van der Waals surface area contributed by atoms with Crippen LogP contribution in [0.4, 0.5) is 0 Å². The molecular weight excluding hydrogens is 272 g/mol. The van der Waals surface area contributed by atoms with Crippen molar-refractivity contribution in [3.05, 3.63) is 29.8 Å². The molecule has 1 aromatic rings. The van der Waals surface area contributed by atoms with Gasteiger partial charge in [0.15, 0.2) is 0 Å². The van der Waals surface area contributed by atoms with Crippen LogP contribution in [-0.4, -0.2) is 38.8 Å². The normalized spacial score (nSPS) is 13.0. The van der Waals surface area contributed by atoms with Crippen molar-refractivity contribution in [1.29, 1.82) is 0 Å². The molecule has 0 amide bonds. The predicted molar refractivity (Wildman–Crippen MR) is 67.0 cm³/mol. The van der Waals surface area contributed by atoms with E-state index in [1.165, 1.54) is 19.1 Å². The summed E-state index contributed by atoms with van der Waals surface area (Å²) in [5.41, 5.74) is 0.914. The van der Waals surface area contributed by atoms with Crippen molar-refractivity contribution in [2.45, 2.75) is 24.8 Å². The van der Waals surface area contributed by atoms with Crippen molar-refractivity contribution >= 4 is 16.1 Å². The second kappa shape index (κ2) is 6.65. The molecule has 106 valence electrons. The zero-order valence-corrected chi connectivity index (χ0v) is 11.5. The van der Waals surface area contributed by atoms with Gasteiger partial charge in [0.2, 0.25) is 0 Å². The molecule has 0 bridgehead atoms. The van der Waals surface area contributed by atoms with Crippen molar-refractivity contribution in [2.24, 2.45) is 0 Å². The molecule has 1 aromatic carbocycles. The van der Waals surface area contributed by atoms with E-state index in [1.807, 2.05) is 6.92 Å². The summed E-state index contributed by atoms with van der Waals surface area (Å²) in [5.74, 6) is -0.574. The van der Waals surface area contributed by atoms with Crippen molar-refractivity contribution in [3.8, 4) is 0 Å². The van der Waals surface area contributed by atoms with E-state index < -0.39 is 28.8 Å². The lowest BCUT2D eigenvalue weighted by molar-refractivity contribution is -0.143. The second-order valence-corrected chi connectivity index (χ2v) is 5.54. The van der Waals surface area contributed by atoms with Gasteiger partial charge in [-0.25, -0.2) is 0 Å². The topological polar surface area (TPSA) is 89.9 Å². The fourth-order valence-electron chi connectivity index (χ4n) is 1.26. The minimum Gasteiger partial charge on any atom is -0.463 e. The number of benzene rings is 1. The van der Waals surface area contributed by atoms with Crippen LogP contribution in [0.25, 0.3) is 0 Å². The first-order valence-corrected chi connectivity index (χ1v) is 7.00. The minimum atomic E-state index is -3.99. The quantitative estimate of drug-likeness (QED) is 0.610. The number of hydrogen-bond donors (Lipinski definition) is 1. The fourth-order valence-corrected chi connectivity index (χ4v) is 2.32. The molecule has 0 saturated carbocycles. The molecule has 0 aromatic heterocycles. The molecule has 0 radical (unpaired) electrons. The third-order valence-electron chi connectivity index (χ3n) is 2.25. The molecule has 0 spiro atoms. The van der Waals surface area contributed by atoms with Crippen LogP contribution in [0.3, 0.4) is 0 Å². The average molecular weight is 288 g/mol. The van der Waals surface area contributed by atoms with Crippen LogP contribution < -0.4 is 0 Å². The molecule has 1 N–H and O–H groups in total. The first-order chi connectivity index (χ1) is 8.85. The van der Waals surface area contributed by atoms with Crippen molar-refractivity contribution in [3.63, 3.8) is 0 Å². The summed E-state index contributed by atoms with van der Waals surface area (Å²) < 4.78 is 33.2. The Kier molecular flexibility index (Phi) is 5.46. The summed E-state index contributed by atoms with van der Waals surface area (Å²) in [6.45, 7) is 2.12. The number of carbonyl (C=O) groups is 1. The maximum absolute atomic E-state index is 11.9. The van der Waals surface area contributed by atoms with E-state index in [4.69, 9.17) is 9.29 Å². The standard InChI is InChI=1S/C12H16O6S/c1-9-3-5-12(6-4-9)19(15,16)18-11(7-13)8-17-10(2)14/h3-6,11,13H,7-8H2,1-2H3. The van der Waals surface area contributed by atoms with E-state index in [-0.39, 0.29) is 11.5 Å². The van der Waals surface area contributed by atoms with Crippen LogP contribution in [0.15, 0.2) is 29.2 Å². The summed E-state index contributed by atoms with van der Waals surface area (Å²) in [6.07, 6.45) is -1.12. The largest absolute Gasteiger partial charge is 0.463 e. The SMILES string of the molecule is CC(=O)OCC(CO)OS(=O)(=O)c1ccc(C)cc1. The van der Waals surface area contributed by atoms with Crippen LogP contribution >= 0.6 is 0 Å². The molecule has 7 heteroatoms. The van der Waals surface area contributed by atoms with Gasteiger partial charge in [0, 0.05) is 6.92 Å². The summed E-state index contributed by atoms with van der Waals surface area (Å²) in [7, 11) is -3.99. The number of hydrogen-bond acceptors (Lipinski definition) is 6. The van der Waals surface area contributed by atoms with Gasteiger partial charge in [-0.3, -0.25) is 8.98 Å². The first kappa shape index (κ1) is 15.6. The van der Waals surface area contributed by atoms with Gasteiger partial charge in [0.1, 0.15) is 12.7 Å². The molecule has 0 aliphatic rings. The third kappa shape index (κ3) is 4.98. The van der Waals surface area contributed by atoms with E-state index in [9.17, 15) is 13.2 Å². The van der Waals surface area contributed by atoms with Gasteiger partial charge < -0.3 is 9.84 Å². The van der Waals surface area contributed by atoms with Gasteiger partial charge in [-0.15, -0.1) is 0 Å². The van der Waals surface area contributed by atoms with Crippen LogP contribution in [0, 0.1) is 6.92 Å². The van der Waals surface area contributed by atoms with E-state index in [1.54, 1.807) is 12.1 Å². The van der Waals surface area contributed by atoms with Crippen molar-refractivity contribution < 1.29 is 27.2 Å². The van der Waals surface area contributed by atoms with Gasteiger partial charge in [0.25, 0.3) is 10.1 Å². The highest BCUT2D eigenvalue weighted by molar-refractivity contribution is 7.86. The van der Waals surface area contributed by atoms with Gasteiger partial charge in [-0.05, 0) is 19.1 Å². The number of ether oxygens (including phenoxy) is 1. The monoisotopic (exact) mass is 288 g/mol.